The van der Waals surface area contributed by atoms with Crippen LogP contribution in [-0.4, -0.2) is 9.78 Å². The molecule has 0 unspecified atom stereocenters. The van der Waals surface area contributed by atoms with E-state index in [9.17, 15) is 0 Å². The molecule has 3 nitrogen and oxygen atoms in total. The van der Waals surface area contributed by atoms with Crippen LogP contribution in [-0.2, 0) is 0 Å². The molecule has 0 bridgehead atoms. The average molecular weight is 382 g/mol. The lowest BCUT2D eigenvalue weighted by Crippen LogP contribution is -2.27. The Labute approximate surface area is 130 Å². The molecule has 3 rings (SSSR count). The highest BCUT2D eigenvalue weighted by atomic mass is 79.9. The molecule has 96 valence electrons. The highest BCUT2D eigenvalue weighted by Crippen LogP contribution is 2.13. The van der Waals surface area contributed by atoms with Gasteiger partial charge in [-0.1, -0.05) is 44.9 Å². The zero-order valence-corrected chi connectivity index (χ0v) is 13.3. The molecule has 2 aromatic carbocycles. The van der Waals surface area contributed by atoms with Crippen LogP contribution in [0.5, 0.6) is 0 Å². The summed E-state index contributed by atoms with van der Waals surface area (Å²) >= 11 is 3.46. The van der Waals surface area contributed by atoms with Crippen LogP contribution in [0.25, 0.3) is 11.4 Å². The van der Waals surface area contributed by atoms with E-state index < -0.39 is 0 Å². The zero-order chi connectivity index (χ0) is 12.4. The van der Waals surface area contributed by atoms with E-state index in [1.165, 1.54) is 0 Å². The number of hydrogen-bond acceptors (Lipinski definition) is 1. The van der Waals surface area contributed by atoms with Crippen LogP contribution in [0, 0.1) is 0 Å². The zero-order valence-electron chi connectivity index (χ0n) is 9.98. The number of hydrogen-bond donors (Lipinski definition) is 0. The van der Waals surface area contributed by atoms with Gasteiger partial charge in [0.2, 0.25) is 6.33 Å². The summed E-state index contributed by atoms with van der Waals surface area (Å²) < 4.78 is 4.88. The van der Waals surface area contributed by atoms with E-state index in [1.54, 1.807) is 6.33 Å². The van der Waals surface area contributed by atoms with Gasteiger partial charge in [-0.15, -0.1) is 17.0 Å². The first-order valence-electron chi connectivity index (χ1n) is 5.60. The van der Waals surface area contributed by atoms with Crippen LogP contribution in [0.2, 0.25) is 0 Å². The van der Waals surface area contributed by atoms with Gasteiger partial charge in [0.25, 0.3) is 6.33 Å². The fourth-order valence-electron chi connectivity index (χ4n) is 1.77. The largest absolute Gasteiger partial charge is 0.270 e. The molecule has 0 atom stereocenters. The van der Waals surface area contributed by atoms with E-state index in [2.05, 4.69) is 21.0 Å². The number of para-hydroxylation sites is 1. The smallest absolute Gasteiger partial charge is 0.203 e. The average Bonchev–Trinajstić information content (AvgIpc) is 2.89. The van der Waals surface area contributed by atoms with Crippen LogP contribution in [0.3, 0.4) is 0 Å². The Morgan fingerprint density at radius 1 is 1.00 bits per heavy atom. The normalized spacial score (nSPS) is 9.95. The van der Waals surface area contributed by atoms with Crippen LogP contribution in [0.4, 0.5) is 0 Å². The van der Waals surface area contributed by atoms with Crippen molar-refractivity contribution in [3.63, 3.8) is 0 Å². The van der Waals surface area contributed by atoms with Crippen molar-refractivity contribution in [2.24, 2.45) is 0 Å². The lowest BCUT2D eigenvalue weighted by atomic mass is 10.3. The van der Waals surface area contributed by atoms with Crippen molar-refractivity contribution in [3.8, 4) is 11.4 Å². The first-order chi connectivity index (χ1) is 8.83. The fraction of sp³-hybridized carbons (Fsp3) is 0. The highest BCUT2D eigenvalue weighted by molar-refractivity contribution is 9.10. The lowest BCUT2D eigenvalue weighted by molar-refractivity contribution is -0.596. The number of rotatable bonds is 2. The number of aromatic nitrogens is 3. The molecule has 0 fully saturated rings. The van der Waals surface area contributed by atoms with Crippen molar-refractivity contribution in [1.29, 1.82) is 0 Å². The van der Waals surface area contributed by atoms with Gasteiger partial charge >= 0.3 is 0 Å². The van der Waals surface area contributed by atoms with Gasteiger partial charge in [-0.2, -0.15) is 0 Å². The molecule has 0 N–H and O–H groups in total. The summed E-state index contributed by atoms with van der Waals surface area (Å²) in [6.07, 6.45) is 3.76. The molecule has 19 heavy (non-hydrogen) atoms. The molecule has 0 aliphatic heterocycles. The fourth-order valence-corrected chi connectivity index (χ4v) is 2.16. The number of halogens is 2. The SMILES string of the molecule is Br.Brc1cccc(-n2c[n+](-c3ccccc3)cn2)c1. The van der Waals surface area contributed by atoms with Gasteiger partial charge in [-0.3, -0.25) is 0 Å². The Morgan fingerprint density at radius 2 is 1.79 bits per heavy atom. The second-order valence-electron chi connectivity index (χ2n) is 3.91. The molecule has 5 heteroatoms. The summed E-state index contributed by atoms with van der Waals surface area (Å²) in [4.78, 5) is 0. The summed E-state index contributed by atoms with van der Waals surface area (Å²) in [7, 11) is 0. The topological polar surface area (TPSA) is 21.7 Å². The molecule has 0 aliphatic rings. The molecular formula is C14H12Br2N3+. The van der Waals surface area contributed by atoms with Crippen molar-refractivity contribution in [2.45, 2.75) is 0 Å². The van der Waals surface area contributed by atoms with Gasteiger partial charge in [0.1, 0.15) is 11.4 Å². The molecule has 0 amide bonds. The van der Waals surface area contributed by atoms with E-state index in [4.69, 9.17) is 0 Å². The summed E-state index contributed by atoms with van der Waals surface area (Å²) in [5.41, 5.74) is 2.12. The quantitative estimate of drug-likeness (QED) is 0.622. The van der Waals surface area contributed by atoms with Crippen LogP contribution in [0.1, 0.15) is 0 Å². The number of nitrogens with zero attached hydrogens (tertiary/aromatic N) is 3. The van der Waals surface area contributed by atoms with E-state index in [0.717, 1.165) is 15.8 Å². The van der Waals surface area contributed by atoms with Crippen molar-refractivity contribution >= 4 is 32.9 Å². The predicted octanol–water partition coefficient (Wildman–Crippen LogP) is 3.49. The van der Waals surface area contributed by atoms with Crippen molar-refractivity contribution < 1.29 is 4.57 Å². The highest BCUT2D eigenvalue weighted by Gasteiger charge is 2.09. The second-order valence-corrected chi connectivity index (χ2v) is 4.83. The molecule has 1 aromatic heterocycles. The van der Waals surface area contributed by atoms with E-state index >= 15 is 0 Å². The monoisotopic (exact) mass is 380 g/mol. The van der Waals surface area contributed by atoms with Crippen LogP contribution < -0.4 is 4.57 Å². The van der Waals surface area contributed by atoms with E-state index in [0.29, 0.717) is 0 Å². The summed E-state index contributed by atoms with van der Waals surface area (Å²) in [6, 6.07) is 18.2. The van der Waals surface area contributed by atoms with Gasteiger partial charge in [0.05, 0.1) is 0 Å². The molecule has 3 aromatic rings. The number of benzene rings is 2. The molecule has 0 saturated heterocycles. The second kappa shape index (κ2) is 6.12. The van der Waals surface area contributed by atoms with Gasteiger partial charge in [-0.05, 0) is 30.3 Å². The molecule has 0 saturated carbocycles. The standard InChI is InChI=1S/C14H11BrN3.BrH/c15-12-5-4-8-14(9-12)18-11-17(10-16-18)13-6-2-1-3-7-13;/h1-11H;1H/q+1;. The first-order valence-corrected chi connectivity index (χ1v) is 6.39. The van der Waals surface area contributed by atoms with E-state index in [1.807, 2.05) is 70.2 Å². The summed E-state index contributed by atoms with van der Waals surface area (Å²) in [6.45, 7) is 0. The predicted molar refractivity (Wildman–Crippen MR) is 83.1 cm³/mol. The summed E-state index contributed by atoms with van der Waals surface area (Å²) in [5, 5.41) is 4.36. The Bertz CT molecular complexity index is 665. The van der Waals surface area contributed by atoms with Gasteiger partial charge in [-0.25, -0.2) is 4.57 Å². The minimum Gasteiger partial charge on any atom is -0.203 e. The maximum absolute atomic E-state index is 4.36. The minimum atomic E-state index is 0. The van der Waals surface area contributed by atoms with Crippen molar-refractivity contribution in [3.05, 3.63) is 71.7 Å². The van der Waals surface area contributed by atoms with E-state index in [-0.39, 0.29) is 17.0 Å². The van der Waals surface area contributed by atoms with Crippen LogP contribution in [0.15, 0.2) is 71.7 Å². The molecule has 0 radical (unpaired) electrons. The maximum atomic E-state index is 4.36. The Hall–Kier alpha value is -1.46. The van der Waals surface area contributed by atoms with Gasteiger partial charge in [0.15, 0.2) is 0 Å². The maximum Gasteiger partial charge on any atom is 0.270 e. The Balaban J connectivity index is 0.00000133. The van der Waals surface area contributed by atoms with Crippen molar-refractivity contribution in [2.75, 3.05) is 0 Å². The van der Waals surface area contributed by atoms with Gasteiger partial charge < -0.3 is 0 Å². The lowest BCUT2D eigenvalue weighted by Gasteiger charge is -1.95. The molecule has 0 spiro atoms. The molecule has 0 aliphatic carbocycles. The minimum absolute atomic E-state index is 0. The third-order valence-electron chi connectivity index (χ3n) is 2.66. The van der Waals surface area contributed by atoms with Crippen molar-refractivity contribution in [1.82, 2.24) is 9.78 Å². The third-order valence-corrected chi connectivity index (χ3v) is 3.15. The summed E-state index contributed by atoms with van der Waals surface area (Å²) in [5.74, 6) is 0. The van der Waals surface area contributed by atoms with Crippen LogP contribution >= 0.6 is 32.9 Å². The first kappa shape index (κ1) is 14.0. The van der Waals surface area contributed by atoms with Gasteiger partial charge in [0, 0.05) is 9.57 Å². The third kappa shape index (κ3) is 3.11. The molecule has 1 heterocycles. The molecular weight excluding hydrogens is 370 g/mol. The Morgan fingerprint density at radius 3 is 2.53 bits per heavy atom. The Kier molecular flexibility index (Phi) is 4.50.